The molecule has 4 rings (SSSR count). The molecule has 6 nitrogen and oxygen atoms in total. The van der Waals surface area contributed by atoms with Crippen LogP contribution in [0.2, 0.25) is 5.02 Å². The number of anilines is 1. The van der Waals surface area contributed by atoms with Crippen molar-refractivity contribution in [2.45, 2.75) is 13.5 Å². The zero-order valence-electron chi connectivity index (χ0n) is 15.0. The maximum Gasteiger partial charge on any atom is 0.287 e. The van der Waals surface area contributed by atoms with Crippen LogP contribution in [0, 0.1) is 6.92 Å². The van der Waals surface area contributed by atoms with Crippen LogP contribution in [0.1, 0.15) is 21.7 Å². The second-order valence-electron chi connectivity index (χ2n) is 6.46. The fourth-order valence-electron chi connectivity index (χ4n) is 3.29. The van der Waals surface area contributed by atoms with Crippen LogP contribution in [0.5, 0.6) is 0 Å². The van der Waals surface area contributed by atoms with Gasteiger partial charge in [-0.15, -0.1) is 0 Å². The Bertz CT molecular complexity index is 980. The maximum absolute atomic E-state index is 12.7. The van der Waals surface area contributed by atoms with E-state index >= 15 is 0 Å². The first-order valence-electron chi connectivity index (χ1n) is 8.87. The van der Waals surface area contributed by atoms with E-state index in [-0.39, 0.29) is 5.91 Å². The Labute approximate surface area is 162 Å². The Hall–Kier alpha value is -2.57. The average molecular weight is 386 g/mol. The van der Waals surface area contributed by atoms with E-state index in [1.165, 1.54) is 0 Å². The van der Waals surface area contributed by atoms with Crippen molar-refractivity contribution in [3.63, 3.8) is 0 Å². The number of fused-ring (bicyclic) bond motifs is 1. The highest BCUT2D eigenvalue weighted by Crippen LogP contribution is 2.28. The largest absolute Gasteiger partial charge is 0.451 e. The van der Waals surface area contributed by atoms with E-state index in [1.54, 1.807) is 18.3 Å². The zero-order valence-corrected chi connectivity index (χ0v) is 15.8. The molecule has 1 aliphatic heterocycles. The second-order valence-corrected chi connectivity index (χ2v) is 6.90. The first-order chi connectivity index (χ1) is 13.1. The van der Waals surface area contributed by atoms with Gasteiger partial charge in [-0.1, -0.05) is 17.7 Å². The molecule has 0 radical (unpaired) electrons. The zero-order chi connectivity index (χ0) is 18.8. The van der Waals surface area contributed by atoms with E-state index in [0.29, 0.717) is 36.1 Å². The van der Waals surface area contributed by atoms with Gasteiger partial charge < -0.3 is 19.4 Å². The molecule has 3 heterocycles. The van der Waals surface area contributed by atoms with Gasteiger partial charge in [-0.2, -0.15) is 0 Å². The smallest absolute Gasteiger partial charge is 0.287 e. The van der Waals surface area contributed by atoms with E-state index in [4.69, 9.17) is 20.8 Å². The summed E-state index contributed by atoms with van der Waals surface area (Å²) in [5.41, 5.74) is 2.39. The molecule has 7 heteroatoms. The van der Waals surface area contributed by atoms with Gasteiger partial charge in [-0.3, -0.25) is 4.79 Å². The molecule has 1 aliphatic rings. The summed E-state index contributed by atoms with van der Waals surface area (Å²) in [4.78, 5) is 19.4. The third-order valence-corrected chi connectivity index (χ3v) is 4.96. The molecule has 2 aromatic heterocycles. The third kappa shape index (κ3) is 3.63. The van der Waals surface area contributed by atoms with Crippen LogP contribution in [0.25, 0.3) is 11.0 Å². The lowest BCUT2D eigenvalue weighted by Crippen LogP contribution is -2.37. The number of furan rings is 1. The molecule has 3 aromatic rings. The van der Waals surface area contributed by atoms with Gasteiger partial charge in [0.1, 0.15) is 11.4 Å². The van der Waals surface area contributed by atoms with Crippen LogP contribution in [0.4, 0.5) is 5.82 Å². The maximum atomic E-state index is 12.7. The van der Waals surface area contributed by atoms with Gasteiger partial charge in [0, 0.05) is 47.4 Å². The summed E-state index contributed by atoms with van der Waals surface area (Å²) in [5, 5.41) is 4.41. The highest BCUT2D eigenvalue weighted by molar-refractivity contribution is 6.31. The number of rotatable bonds is 4. The predicted molar refractivity (Wildman–Crippen MR) is 104 cm³/mol. The number of hydrogen-bond donors (Lipinski definition) is 1. The summed E-state index contributed by atoms with van der Waals surface area (Å²) >= 11 is 6.05. The summed E-state index contributed by atoms with van der Waals surface area (Å²) in [7, 11) is 0. The number of carbonyl (C=O) groups excluding carboxylic acids is 1. The fraction of sp³-hybridized carbons (Fsp3) is 0.300. The fourth-order valence-corrected chi connectivity index (χ4v) is 3.47. The van der Waals surface area contributed by atoms with Gasteiger partial charge in [-0.25, -0.2) is 4.98 Å². The molecule has 0 spiro atoms. The van der Waals surface area contributed by atoms with E-state index < -0.39 is 0 Å². The van der Waals surface area contributed by atoms with Crippen molar-refractivity contribution in [2.75, 3.05) is 31.2 Å². The minimum Gasteiger partial charge on any atom is -0.451 e. The van der Waals surface area contributed by atoms with Crippen LogP contribution < -0.4 is 10.2 Å². The Morgan fingerprint density at radius 3 is 2.93 bits per heavy atom. The van der Waals surface area contributed by atoms with Crippen molar-refractivity contribution in [2.24, 2.45) is 0 Å². The third-order valence-electron chi connectivity index (χ3n) is 4.72. The number of aryl methyl sites for hydroxylation is 1. The molecular formula is C20H20ClN3O3. The Kier molecular flexibility index (Phi) is 5.01. The molecule has 27 heavy (non-hydrogen) atoms. The molecule has 0 aliphatic carbocycles. The standard InChI is InChI=1S/C20H20ClN3O3/c1-13-16-11-15(21)4-5-17(16)27-18(13)20(25)23-12-14-3-2-6-22-19(14)24-7-9-26-10-8-24/h2-6,11H,7-10,12H2,1H3,(H,23,25). The van der Waals surface area contributed by atoms with Gasteiger partial charge >= 0.3 is 0 Å². The van der Waals surface area contributed by atoms with Gasteiger partial charge in [-0.05, 0) is 31.2 Å². The number of pyridine rings is 1. The van der Waals surface area contributed by atoms with Crippen molar-refractivity contribution >= 4 is 34.3 Å². The number of nitrogens with one attached hydrogen (secondary N) is 1. The summed E-state index contributed by atoms with van der Waals surface area (Å²) in [6, 6.07) is 9.19. The lowest BCUT2D eigenvalue weighted by molar-refractivity contribution is 0.0924. The molecular weight excluding hydrogens is 366 g/mol. The number of nitrogens with zero attached hydrogens (tertiary/aromatic N) is 2. The average Bonchev–Trinajstić information content (AvgIpc) is 3.03. The number of morpholine rings is 1. The number of halogens is 1. The molecule has 0 saturated carbocycles. The van der Waals surface area contributed by atoms with Gasteiger partial charge in [0.25, 0.3) is 5.91 Å². The molecule has 1 amide bonds. The summed E-state index contributed by atoms with van der Waals surface area (Å²) in [5.74, 6) is 0.940. The van der Waals surface area contributed by atoms with Crippen LogP contribution in [-0.4, -0.2) is 37.2 Å². The molecule has 1 aromatic carbocycles. The molecule has 140 valence electrons. The number of hydrogen-bond acceptors (Lipinski definition) is 5. The van der Waals surface area contributed by atoms with Crippen molar-refractivity contribution in [3.8, 4) is 0 Å². The van der Waals surface area contributed by atoms with Gasteiger partial charge in [0.2, 0.25) is 0 Å². The van der Waals surface area contributed by atoms with Crippen molar-refractivity contribution < 1.29 is 13.9 Å². The van der Waals surface area contributed by atoms with E-state index in [1.807, 2.05) is 25.1 Å². The molecule has 1 saturated heterocycles. The summed E-state index contributed by atoms with van der Waals surface area (Å²) < 4.78 is 11.1. The Morgan fingerprint density at radius 1 is 1.30 bits per heavy atom. The lowest BCUT2D eigenvalue weighted by Gasteiger charge is -2.29. The van der Waals surface area contributed by atoms with Crippen LogP contribution in [0.3, 0.4) is 0 Å². The molecule has 0 atom stereocenters. The Morgan fingerprint density at radius 2 is 2.11 bits per heavy atom. The van der Waals surface area contributed by atoms with Gasteiger partial charge in [0.15, 0.2) is 5.76 Å². The number of ether oxygens (including phenoxy) is 1. The molecule has 0 unspecified atom stereocenters. The molecule has 1 fully saturated rings. The molecule has 1 N–H and O–H groups in total. The number of aromatic nitrogens is 1. The summed E-state index contributed by atoms with van der Waals surface area (Å²) in [6.07, 6.45) is 1.77. The van der Waals surface area contributed by atoms with Crippen LogP contribution in [0.15, 0.2) is 40.9 Å². The van der Waals surface area contributed by atoms with Crippen molar-refractivity contribution in [1.82, 2.24) is 10.3 Å². The lowest BCUT2D eigenvalue weighted by atomic mass is 10.1. The molecule has 0 bridgehead atoms. The Balaban J connectivity index is 1.52. The quantitative estimate of drug-likeness (QED) is 0.743. The topological polar surface area (TPSA) is 67.6 Å². The minimum atomic E-state index is -0.253. The summed E-state index contributed by atoms with van der Waals surface area (Å²) in [6.45, 7) is 5.19. The number of amides is 1. The minimum absolute atomic E-state index is 0.253. The second kappa shape index (κ2) is 7.58. The van der Waals surface area contributed by atoms with E-state index in [9.17, 15) is 4.79 Å². The monoisotopic (exact) mass is 385 g/mol. The highest BCUT2D eigenvalue weighted by atomic mass is 35.5. The van der Waals surface area contributed by atoms with Crippen molar-refractivity contribution in [3.05, 3.63) is 58.4 Å². The first kappa shape index (κ1) is 17.8. The van der Waals surface area contributed by atoms with E-state index in [0.717, 1.165) is 35.4 Å². The predicted octanol–water partition coefficient (Wildman–Crippen LogP) is 3.56. The highest BCUT2D eigenvalue weighted by Gasteiger charge is 2.20. The first-order valence-corrected chi connectivity index (χ1v) is 9.25. The van der Waals surface area contributed by atoms with Crippen LogP contribution >= 0.6 is 11.6 Å². The number of benzene rings is 1. The normalized spacial score (nSPS) is 14.5. The van der Waals surface area contributed by atoms with Crippen LogP contribution in [-0.2, 0) is 11.3 Å². The number of carbonyl (C=O) groups is 1. The van der Waals surface area contributed by atoms with Crippen molar-refractivity contribution in [1.29, 1.82) is 0 Å². The van der Waals surface area contributed by atoms with Gasteiger partial charge in [0.05, 0.1) is 13.2 Å². The van der Waals surface area contributed by atoms with E-state index in [2.05, 4.69) is 15.2 Å². The SMILES string of the molecule is Cc1c(C(=O)NCc2cccnc2N2CCOCC2)oc2ccc(Cl)cc12.